The Labute approximate surface area is 140 Å². The summed E-state index contributed by atoms with van der Waals surface area (Å²) in [4.78, 5) is 8.59. The normalized spacial score (nSPS) is 11.5. The molecule has 0 aliphatic rings. The van der Waals surface area contributed by atoms with E-state index in [4.69, 9.17) is 0 Å². The van der Waals surface area contributed by atoms with Gasteiger partial charge in [-0.1, -0.05) is 30.3 Å². The summed E-state index contributed by atoms with van der Waals surface area (Å²) >= 11 is 0. The number of hydrogen-bond acceptors (Lipinski definition) is 2. The second-order valence-corrected chi connectivity index (χ2v) is 5.39. The molecule has 5 heteroatoms. The molecule has 0 fully saturated rings. The third-order valence-corrected chi connectivity index (χ3v) is 3.78. The molecule has 0 amide bonds. The largest absolute Gasteiger partial charge is 0.352 e. The molecule has 4 nitrogen and oxygen atoms in total. The maximum absolute atomic E-state index is 12.9. The van der Waals surface area contributed by atoms with Crippen LogP contribution in [0.4, 0.5) is 4.39 Å². The van der Waals surface area contributed by atoms with Crippen LogP contribution in [0.3, 0.4) is 0 Å². The topological polar surface area (TPSA) is 49.3 Å². The van der Waals surface area contributed by atoms with Gasteiger partial charge in [-0.3, -0.25) is 9.98 Å². The number of rotatable bonds is 4. The van der Waals surface area contributed by atoms with E-state index in [-0.39, 0.29) is 5.82 Å². The zero-order valence-electron chi connectivity index (χ0n) is 13.5. The summed E-state index contributed by atoms with van der Waals surface area (Å²) in [5.74, 6) is 0.464. The quantitative estimate of drug-likeness (QED) is 0.573. The van der Waals surface area contributed by atoms with Gasteiger partial charge >= 0.3 is 0 Å². The molecule has 2 N–H and O–H groups in total. The molecule has 0 radical (unpaired) electrons. The van der Waals surface area contributed by atoms with E-state index >= 15 is 0 Å². The fourth-order valence-electron chi connectivity index (χ4n) is 2.50. The number of hydrogen-bond donors (Lipinski definition) is 2. The minimum Gasteiger partial charge on any atom is -0.352 e. The number of aliphatic imine (C=N–C) groups is 1. The van der Waals surface area contributed by atoms with Gasteiger partial charge in [-0.25, -0.2) is 4.39 Å². The molecule has 3 aromatic rings. The third-order valence-electron chi connectivity index (χ3n) is 3.78. The van der Waals surface area contributed by atoms with Crippen molar-refractivity contribution in [3.05, 3.63) is 77.7 Å². The highest BCUT2D eigenvalue weighted by Gasteiger charge is 2.03. The van der Waals surface area contributed by atoms with Gasteiger partial charge in [-0.15, -0.1) is 0 Å². The monoisotopic (exact) mass is 322 g/mol. The van der Waals surface area contributed by atoms with Gasteiger partial charge in [0.05, 0.1) is 5.52 Å². The molecule has 0 saturated carbocycles. The second-order valence-electron chi connectivity index (χ2n) is 5.39. The fraction of sp³-hybridized carbons (Fsp3) is 0.158. The third kappa shape index (κ3) is 3.87. The van der Waals surface area contributed by atoms with E-state index in [1.165, 1.54) is 12.1 Å². The molecule has 3 rings (SSSR count). The SMILES string of the molecule is CN=C(NCc1ccc(F)cc1)NCc1ccnc2ccccc12. The summed E-state index contributed by atoms with van der Waals surface area (Å²) in [6.45, 7) is 1.23. The Balaban J connectivity index is 1.62. The zero-order valence-corrected chi connectivity index (χ0v) is 13.5. The maximum Gasteiger partial charge on any atom is 0.191 e. The first-order valence-electron chi connectivity index (χ1n) is 7.78. The van der Waals surface area contributed by atoms with Crippen LogP contribution in [0, 0.1) is 5.82 Å². The lowest BCUT2D eigenvalue weighted by atomic mass is 10.1. The number of aromatic nitrogens is 1. The van der Waals surface area contributed by atoms with Crippen molar-refractivity contribution in [2.75, 3.05) is 7.05 Å². The lowest BCUT2D eigenvalue weighted by Gasteiger charge is -2.13. The van der Waals surface area contributed by atoms with Crippen LogP contribution in [0.5, 0.6) is 0 Å². The molecule has 0 bridgehead atoms. The summed E-state index contributed by atoms with van der Waals surface area (Å²) in [5.41, 5.74) is 3.13. The molecule has 0 unspecified atom stereocenters. The van der Waals surface area contributed by atoms with Crippen molar-refractivity contribution in [2.24, 2.45) is 4.99 Å². The molecule has 0 spiro atoms. The molecule has 0 aliphatic carbocycles. The first kappa shape index (κ1) is 15.9. The van der Waals surface area contributed by atoms with Crippen LogP contribution in [0.25, 0.3) is 10.9 Å². The van der Waals surface area contributed by atoms with E-state index in [9.17, 15) is 4.39 Å². The van der Waals surface area contributed by atoms with Crippen molar-refractivity contribution >= 4 is 16.9 Å². The first-order valence-corrected chi connectivity index (χ1v) is 7.78. The highest BCUT2D eigenvalue weighted by atomic mass is 19.1. The Morgan fingerprint density at radius 3 is 2.54 bits per heavy atom. The molecule has 122 valence electrons. The van der Waals surface area contributed by atoms with E-state index in [1.54, 1.807) is 19.2 Å². The van der Waals surface area contributed by atoms with Gasteiger partial charge in [-0.05, 0) is 35.4 Å². The first-order chi connectivity index (χ1) is 11.8. The van der Waals surface area contributed by atoms with Crippen LogP contribution in [-0.4, -0.2) is 18.0 Å². The molecular formula is C19H19FN4. The van der Waals surface area contributed by atoms with Gasteiger partial charge in [0, 0.05) is 31.7 Å². The second kappa shape index (κ2) is 7.55. The number of fused-ring (bicyclic) bond motifs is 1. The Bertz CT molecular complexity index is 838. The Morgan fingerprint density at radius 2 is 1.75 bits per heavy atom. The van der Waals surface area contributed by atoms with Gasteiger partial charge in [0.2, 0.25) is 0 Å². The lowest BCUT2D eigenvalue weighted by Crippen LogP contribution is -2.36. The van der Waals surface area contributed by atoms with Crippen molar-refractivity contribution in [2.45, 2.75) is 13.1 Å². The van der Waals surface area contributed by atoms with Crippen molar-refractivity contribution in [3.8, 4) is 0 Å². The summed E-state index contributed by atoms with van der Waals surface area (Å²) in [6.07, 6.45) is 1.81. The standard InChI is InChI=1S/C19H19FN4/c1-21-19(23-12-14-6-8-16(20)9-7-14)24-13-15-10-11-22-18-5-3-2-4-17(15)18/h2-11H,12-13H2,1H3,(H2,21,23,24). The van der Waals surface area contributed by atoms with Gasteiger partial charge in [-0.2, -0.15) is 0 Å². The average molecular weight is 322 g/mol. The maximum atomic E-state index is 12.9. The number of halogens is 1. The Hall–Kier alpha value is -2.95. The number of nitrogens with one attached hydrogen (secondary N) is 2. The van der Waals surface area contributed by atoms with Gasteiger partial charge in [0.1, 0.15) is 5.82 Å². The Morgan fingerprint density at radius 1 is 1.00 bits per heavy atom. The molecule has 0 atom stereocenters. The summed E-state index contributed by atoms with van der Waals surface area (Å²) in [7, 11) is 1.73. The van der Waals surface area contributed by atoms with Crippen molar-refractivity contribution in [1.82, 2.24) is 15.6 Å². The van der Waals surface area contributed by atoms with Crippen LogP contribution in [-0.2, 0) is 13.1 Å². The molecular weight excluding hydrogens is 303 g/mol. The predicted octanol–water partition coefficient (Wildman–Crippen LogP) is 3.24. The van der Waals surface area contributed by atoms with E-state index < -0.39 is 0 Å². The molecule has 0 saturated heterocycles. The summed E-state index contributed by atoms with van der Waals surface area (Å²) in [6, 6.07) is 16.5. The number of benzene rings is 2. The van der Waals surface area contributed by atoms with Crippen LogP contribution in [0.2, 0.25) is 0 Å². The van der Waals surface area contributed by atoms with Crippen LogP contribution in [0.1, 0.15) is 11.1 Å². The van der Waals surface area contributed by atoms with Crippen molar-refractivity contribution < 1.29 is 4.39 Å². The smallest absolute Gasteiger partial charge is 0.191 e. The van der Waals surface area contributed by atoms with Crippen LogP contribution in [0.15, 0.2) is 65.8 Å². The number of pyridine rings is 1. The van der Waals surface area contributed by atoms with Crippen LogP contribution < -0.4 is 10.6 Å². The van der Waals surface area contributed by atoms with Gasteiger partial charge < -0.3 is 10.6 Å². The fourth-order valence-corrected chi connectivity index (χ4v) is 2.50. The lowest BCUT2D eigenvalue weighted by molar-refractivity contribution is 0.626. The minimum atomic E-state index is -0.231. The van der Waals surface area contributed by atoms with Crippen LogP contribution >= 0.6 is 0 Å². The molecule has 1 aromatic heterocycles. The van der Waals surface area contributed by atoms with E-state index in [2.05, 4.69) is 26.7 Å². The average Bonchev–Trinajstić information content (AvgIpc) is 2.63. The summed E-state index contributed by atoms with van der Waals surface area (Å²) in [5, 5.41) is 7.65. The van der Waals surface area contributed by atoms with Gasteiger partial charge in [0.15, 0.2) is 5.96 Å². The molecule has 2 aromatic carbocycles. The minimum absolute atomic E-state index is 0.231. The van der Waals surface area contributed by atoms with Gasteiger partial charge in [0.25, 0.3) is 0 Å². The van der Waals surface area contributed by atoms with Crippen molar-refractivity contribution in [1.29, 1.82) is 0 Å². The van der Waals surface area contributed by atoms with E-state index in [0.717, 1.165) is 22.0 Å². The highest BCUT2D eigenvalue weighted by molar-refractivity contribution is 5.83. The molecule has 24 heavy (non-hydrogen) atoms. The zero-order chi connectivity index (χ0) is 16.8. The highest BCUT2D eigenvalue weighted by Crippen LogP contribution is 2.15. The van der Waals surface area contributed by atoms with Crippen molar-refractivity contribution in [3.63, 3.8) is 0 Å². The predicted molar refractivity (Wildman–Crippen MR) is 95.2 cm³/mol. The number of guanidine groups is 1. The number of para-hydroxylation sites is 1. The van der Waals surface area contributed by atoms with E-state index in [0.29, 0.717) is 19.0 Å². The molecule has 0 aliphatic heterocycles. The number of nitrogens with zero attached hydrogens (tertiary/aromatic N) is 2. The molecule has 1 heterocycles. The summed E-state index contributed by atoms with van der Waals surface area (Å²) < 4.78 is 12.9. The Kier molecular flexibility index (Phi) is 5.01. The van der Waals surface area contributed by atoms with E-state index in [1.807, 2.05) is 30.5 Å².